The maximum Gasteiger partial charge on any atom is 0.0596 e. The highest BCUT2D eigenvalue weighted by Gasteiger charge is 2.24. The van der Waals surface area contributed by atoms with Gasteiger partial charge in [0.2, 0.25) is 0 Å². The summed E-state index contributed by atoms with van der Waals surface area (Å²) in [5.41, 5.74) is 0. The summed E-state index contributed by atoms with van der Waals surface area (Å²) < 4.78 is 5.62. The molecule has 1 saturated carbocycles. The van der Waals surface area contributed by atoms with E-state index in [1.54, 1.807) is 0 Å². The van der Waals surface area contributed by atoms with Crippen LogP contribution in [-0.2, 0) is 4.74 Å². The van der Waals surface area contributed by atoms with E-state index in [0.717, 1.165) is 25.7 Å². The highest BCUT2D eigenvalue weighted by atomic mass is 16.5. The van der Waals surface area contributed by atoms with E-state index in [9.17, 15) is 0 Å². The molecule has 3 nitrogen and oxygen atoms in total. The molecule has 0 aromatic rings. The minimum Gasteiger partial charge on any atom is -0.377 e. The summed E-state index contributed by atoms with van der Waals surface area (Å²) >= 11 is 0. The summed E-state index contributed by atoms with van der Waals surface area (Å²) in [4.78, 5) is 2.43. The van der Waals surface area contributed by atoms with Gasteiger partial charge in [-0.25, -0.2) is 0 Å². The molecule has 102 valence electrons. The molecule has 0 aromatic heterocycles. The zero-order chi connectivity index (χ0) is 12.8. The van der Waals surface area contributed by atoms with Crippen LogP contribution in [0.2, 0.25) is 0 Å². The largest absolute Gasteiger partial charge is 0.377 e. The van der Waals surface area contributed by atoms with Gasteiger partial charge in [0, 0.05) is 25.2 Å². The van der Waals surface area contributed by atoms with Crippen molar-refractivity contribution in [2.45, 2.75) is 58.7 Å². The predicted octanol–water partition coefficient (Wildman–Crippen LogP) is 2.12. The number of likely N-dealkylation sites (N-methyl/N-ethyl adjacent to an activating group) is 1. The second kappa shape index (κ2) is 7.34. The van der Waals surface area contributed by atoms with Crippen molar-refractivity contribution in [1.82, 2.24) is 10.2 Å². The number of rotatable bonds is 9. The molecule has 0 spiro atoms. The number of hydrogen-bond donors (Lipinski definition) is 1. The van der Waals surface area contributed by atoms with E-state index in [1.807, 2.05) is 0 Å². The van der Waals surface area contributed by atoms with Gasteiger partial charge in [0.25, 0.3) is 0 Å². The second-order valence-electron chi connectivity index (χ2n) is 5.89. The molecule has 17 heavy (non-hydrogen) atoms. The predicted molar refractivity (Wildman–Crippen MR) is 73.4 cm³/mol. The Labute approximate surface area is 107 Å². The first kappa shape index (κ1) is 14.9. The molecule has 0 radical (unpaired) electrons. The standard InChI is InChI=1S/C14H30N2O/c1-11(2)14(10-15-13-6-7-13)16(5)8-9-17-12(3)4/h11-15H,6-10H2,1-5H3. The summed E-state index contributed by atoms with van der Waals surface area (Å²) in [5.74, 6) is 0.685. The average Bonchev–Trinajstić information content (AvgIpc) is 3.00. The third kappa shape index (κ3) is 6.39. The van der Waals surface area contributed by atoms with E-state index < -0.39 is 0 Å². The molecule has 1 N–H and O–H groups in total. The Morgan fingerprint density at radius 3 is 2.35 bits per heavy atom. The van der Waals surface area contributed by atoms with Crippen molar-refractivity contribution in [1.29, 1.82) is 0 Å². The van der Waals surface area contributed by atoms with Gasteiger partial charge >= 0.3 is 0 Å². The third-order valence-electron chi connectivity index (χ3n) is 3.42. The molecule has 0 aromatic carbocycles. The Kier molecular flexibility index (Phi) is 6.45. The molecular weight excluding hydrogens is 212 g/mol. The normalized spacial score (nSPS) is 18.4. The molecule has 3 heteroatoms. The van der Waals surface area contributed by atoms with Crippen molar-refractivity contribution < 1.29 is 4.74 Å². The first-order valence-corrected chi connectivity index (χ1v) is 7.06. The number of nitrogens with zero attached hydrogens (tertiary/aromatic N) is 1. The quantitative estimate of drug-likeness (QED) is 0.670. The first-order chi connectivity index (χ1) is 8.00. The number of ether oxygens (including phenoxy) is 1. The fourth-order valence-corrected chi connectivity index (χ4v) is 2.07. The molecule has 0 heterocycles. The molecule has 0 aliphatic heterocycles. The van der Waals surface area contributed by atoms with Gasteiger partial charge in [-0.15, -0.1) is 0 Å². The van der Waals surface area contributed by atoms with E-state index in [0.29, 0.717) is 18.1 Å². The lowest BCUT2D eigenvalue weighted by atomic mass is 10.0. The monoisotopic (exact) mass is 242 g/mol. The van der Waals surface area contributed by atoms with Crippen LogP contribution in [-0.4, -0.2) is 49.8 Å². The average molecular weight is 242 g/mol. The Morgan fingerprint density at radius 1 is 1.24 bits per heavy atom. The van der Waals surface area contributed by atoms with Crippen molar-refractivity contribution >= 4 is 0 Å². The van der Waals surface area contributed by atoms with Crippen molar-refractivity contribution in [3.05, 3.63) is 0 Å². The van der Waals surface area contributed by atoms with Gasteiger partial charge in [0.15, 0.2) is 0 Å². The van der Waals surface area contributed by atoms with E-state index in [-0.39, 0.29) is 0 Å². The van der Waals surface area contributed by atoms with Crippen LogP contribution in [0.25, 0.3) is 0 Å². The molecule has 0 saturated heterocycles. The smallest absolute Gasteiger partial charge is 0.0596 e. The minimum atomic E-state index is 0.338. The molecule has 0 amide bonds. The maximum atomic E-state index is 5.62. The number of nitrogens with one attached hydrogen (secondary N) is 1. The molecule has 1 fully saturated rings. The fraction of sp³-hybridized carbons (Fsp3) is 1.00. The first-order valence-electron chi connectivity index (χ1n) is 7.06. The van der Waals surface area contributed by atoms with Crippen molar-refractivity contribution in [3.8, 4) is 0 Å². The van der Waals surface area contributed by atoms with E-state index in [1.165, 1.54) is 12.8 Å². The zero-order valence-electron chi connectivity index (χ0n) is 12.2. The molecule has 0 bridgehead atoms. The van der Waals surface area contributed by atoms with Crippen molar-refractivity contribution in [3.63, 3.8) is 0 Å². The second-order valence-corrected chi connectivity index (χ2v) is 5.89. The van der Waals surface area contributed by atoms with Gasteiger partial charge in [0.1, 0.15) is 0 Å². The summed E-state index contributed by atoms with van der Waals surface area (Å²) in [6.45, 7) is 11.8. The Hall–Kier alpha value is -0.120. The van der Waals surface area contributed by atoms with Gasteiger partial charge in [-0.2, -0.15) is 0 Å². The molecule has 1 rings (SSSR count). The Morgan fingerprint density at radius 2 is 1.88 bits per heavy atom. The lowest BCUT2D eigenvalue weighted by Crippen LogP contribution is -2.45. The van der Waals surface area contributed by atoms with Crippen molar-refractivity contribution in [2.75, 3.05) is 26.7 Å². The van der Waals surface area contributed by atoms with Crippen LogP contribution in [0.1, 0.15) is 40.5 Å². The number of hydrogen-bond acceptors (Lipinski definition) is 3. The van der Waals surface area contributed by atoms with E-state index in [4.69, 9.17) is 4.74 Å². The van der Waals surface area contributed by atoms with E-state index >= 15 is 0 Å². The molecule has 1 unspecified atom stereocenters. The molecule has 1 atom stereocenters. The third-order valence-corrected chi connectivity index (χ3v) is 3.42. The summed E-state index contributed by atoms with van der Waals surface area (Å²) in [6, 6.07) is 1.42. The highest BCUT2D eigenvalue weighted by molar-refractivity contribution is 4.84. The van der Waals surface area contributed by atoms with Crippen molar-refractivity contribution in [2.24, 2.45) is 5.92 Å². The summed E-state index contributed by atoms with van der Waals surface area (Å²) in [5, 5.41) is 3.64. The Bertz CT molecular complexity index is 202. The lowest BCUT2D eigenvalue weighted by molar-refractivity contribution is 0.0505. The molecular formula is C14H30N2O. The van der Waals surface area contributed by atoms with Gasteiger partial charge in [-0.3, -0.25) is 4.90 Å². The van der Waals surface area contributed by atoms with Crippen LogP contribution in [0.3, 0.4) is 0 Å². The van der Waals surface area contributed by atoms with Crippen LogP contribution in [0.15, 0.2) is 0 Å². The SMILES string of the molecule is CC(C)OCCN(C)C(CNC1CC1)C(C)C. The zero-order valence-corrected chi connectivity index (χ0v) is 12.2. The minimum absolute atomic E-state index is 0.338. The fourth-order valence-electron chi connectivity index (χ4n) is 2.07. The van der Waals surface area contributed by atoms with E-state index in [2.05, 4.69) is 45.0 Å². The molecule has 1 aliphatic rings. The highest BCUT2D eigenvalue weighted by Crippen LogP contribution is 2.19. The van der Waals surface area contributed by atoms with Gasteiger partial charge < -0.3 is 10.1 Å². The van der Waals surface area contributed by atoms with Gasteiger partial charge in [0.05, 0.1) is 12.7 Å². The lowest BCUT2D eigenvalue weighted by Gasteiger charge is -2.31. The van der Waals surface area contributed by atoms with Crippen LogP contribution in [0.4, 0.5) is 0 Å². The Balaban J connectivity index is 2.23. The van der Waals surface area contributed by atoms with Crippen LogP contribution in [0.5, 0.6) is 0 Å². The summed E-state index contributed by atoms with van der Waals surface area (Å²) in [6.07, 6.45) is 3.07. The van der Waals surface area contributed by atoms with Crippen LogP contribution < -0.4 is 5.32 Å². The van der Waals surface area contributed by atoms with Gasteiger partial charge in [-0.05, 0) is 39.7 Å². The van der Waals surface area contributed by atoms with Crippen LogP contribution >= 0.6 is 0 Å². The summed E-state index contributed by atoms with van der Waals surface area (Å²) in [7, 11) is 2.21. The topological polar surface area (TPSA) is 24.5 Å². The maximum absolute atomic E-state index is 5.62. The van der Waals surface area contributed by atoms with Gasteiger partial charge in [-0.1, -0.05) is 13.8 Å². The van der Waals surface area contributed by atoms with Crippen LogP contribution in [0, 0.1) is 5.92 Å². The molecule has 1 aliphatic carbocycles.